The Labute approximate surface area is 99.1 Å². The second kappa shape index (κ2) is 6.52. The first-order chi connectivity index (χ1) is 7.25. The zero-order valence-electron chi connectivity index (χ0n) is 9.77. The van der Waals surface area contributed by atoms with Crippen LogP contribution in [0, 0.1) is 0 Å². The zero-order chi connectivity index (χ0) is 10.7. The van der Waals surface area contributed by atoms with E-state index in [0.717, 1.165) is 11.5 Å². The van der Waals surface area contributed by atoms with Crippen molar-refractivity contribution in [3.05, 3.63) is 48.9 Å². The fourth-order valence-electron chi connectivity index (χ4n) is 1.46. The molecule has 0 aliphatic rings. The lowest BCUT2D eigenvalue weighted by Crippen LogP contribution is -3.00. The molecule has 1 N–H and O–H groups in total. The molecule has 0 bridgehead atoms. The molecule has 2 heterocycles. The van der Waals surface area contributed by atoms with Gasteiger partial charge >= 0.3 is 0 Å². The third-order valence-electron chi connectivity index (χ3n) is 2.27. The number of pyridine rings is 2. The van der Waals surface area contributed by atoms with E-state index in [0.29, 0.717) is 0 Å². The van der Waals surface area contributed by atoms with Crippen molar-refractivity contribution in [1.82, 2.24) is 0 Å². The Morgan fingerprint density at radius 2 is 1.71 bits per heavy atom. The van der Waals surface area contributed by atoms with E-state index in [1.165, 1.54) is 0 Å². The predicted molar refractivity (Wildman–Crippen MR) is 58.5 cm³/mol. The molecule has 0 aliphatic heterocycles. The Bertz CT molecular complexity index is 475. The summed E-state index contributed by atoms with van der Waals surface area (Å²) in [4.78, 5) is 0. The summed E-state index contributed by atoms with van der Waals surface area (Å²) in [6, 6.07) is 10.1. The van der Waals surface area contributed by atoms with Gasteiger partial charge in [-0.2, -0.15) is 0 Å². The van der Waals surface area contributed by atoms with Gasteiger partial charge in [-0.15, -0.1) is 0 Å². The largest absolute Gasteiger partial charge is 1.00 e. The van der Waals surface area contributed by atoms with Gasteiger partial charge in [-0.1, -0.05) is 6.07 Å². The molecular weight excluding hydrogens is 224 g/mol. The van der Waals surface area contributed by atoms with Crippen molar-refractivity contribution in [1.29, 1.82) is 0 Å². The molecule has 0 atom stereocenters. The van der Waals surface area contributed by atoms with Crippen LogP contribution >= 0.6 is 0 Å². The zero-order valence-corrected chi connectivity index (χ0v) is 9.77. The van der Waals surface area contributed by atoms with E-state index in [4.69, 9.17) is 0 Å². The average molecular weight is 239 g/mol. The summed E-state index contributed by atoms with van der Waals surface area (Å²) in [6.45, 7) is 0. The molecule has 2 aromatic heterocycles. The summed E-state index contributed by atoms with van der Waals surface area (Å²) in [5.74, 6) is 1.07. The van der Waals surface area contributed by atoms with Gasteiger partial charge < -0.3 is 9.41 Å². The van der Waals surface area contributed by atoms with Crippen LogP contribution in [0.25, 0.3) is 0 Å². The van der Waals surface area contributed by atoms with Gasteiger partial charge in [0.2, 0.25) is 6.20 Å². The number of nitrogens with zero attached hydrogens (tertiary/aromatic N) is 2. The van der Waals surface area contributed by atoms with E-state index >= 15 is 0 Å². The summed E-state index contributed by atoms with van der Waals surface area (Å²) < 4.78 is 4.07. The van der Waals surface area contributed by atoms with E-state index in [-0.39, 0.29) is 9.41 Å². The van der Waals surface area contributed by atoms with Crippen LogP contribution < -0.4 is 23.9 Å². The van der Waals surface area contributed by atoms with Crippen LogP contribution in [0.5, 0.6) is 0 Å². The third-order valence-corrected chi connectivity index (χ3v) is 2.27. The Morgan fingerprint density at radius 1 is 0.941 bits per heavy atom. The number of rotatable bonds is 2. The molecule has 0 fully saturated rings. The van der Waals surface area contributed by atoms with Gasteiger partial charge in [0.15, 0.2) is 11.9 Å². The lowest BCUT2D eigenvalue weighted by molar-refractivity contribution is -0.671. The molecule has 3 nitrogen and oxygen atoms in total. The molecule has 5 heteroatoms. The topological polar surface area (TPSA) is 19.8 Å². The van der Waals surface area contributed by atoms with Crippen LogP contribution in [0.1, 0.15) is 0 Å². The monoisotopic (exact) mass is 239 g/mol. The number of halogens is 2. The number of hydrogen-bond donors (Lipinski definition) is 1. The van der Waals surface area contributed by atoms with Crippen molar-refractivity contribution in [3.63, 3.8) is 0 Å². The molecule has 2 aromatic rings. The molecule has 0 amide bonds. The molecular formula is C12H15F2N3. The SMILES string of the molecule is C[n+]1cccc(Nc2cccc[n+]2C)c1.[F-].[F-]. The van der Waals surface area contributed by atoms with Gasteiger partial charge in [0.05, 0.1) is 13.2 Å². The lowest BCUT2D eigenvalue weighted by atomic mass is 10.4. The summed E-state index contributed by atoms with van der Waals surface area (Å²) in [5.41, 5.74) is 1.09. The third kappa shape index (κ3) is 3.79. The molecule has 0 unspecified atom stereocenters. The van der Waals surface area contributed by atoms with Crippen LogP contribution in [0.2, 0.25) is 0 Å². The molecule has 17 heavy (non-hydrogen) atoms. The number of aryl methyl sites for hydroxylation is 2. The maximum atomic E-state index is 3.36. The molecule has 0 radical (unpaired) electrons. The van der Waals surface area contributed by atoms with Crippen molar-refractivity contribution in [2.75, 3.05) is 5.32 Å². The maximum absolute atomic E-state index is 3.36. The number of hydrogen-bond acceptors (Lipinski definition) is 1. The van der Waals surface area contributed by atoms with Crippen molar-refractivity contribution < 1.29 is 18.5 Å². The summed E-state index contributed by atoms with van der Waals surface area (Å²) >= 11 is 0. The Balaban J connectivity index is 0.00000128. The first-order valence-electron chi connectivity index (χ1n) is 4.93. The van der Waals surface area contributed by atoms with E-state index in [1.807, 2.05) is 72.2 Å². The molecule has 0 saturated heterocycles. The van der Waals surface area contributed by atoms with Crippen LogP contribution in [-0.4, -0.2) is 0 Å². The fraction of sp³-hybridized carbons (Fsp3) is 0.167. The highest BCUT2D eigenvalue weighted by Crippen LogP contribution is 2.08. The molecule has 0 aromatic carbocycles. The maximum Gasteiger partial charge on any atom is 0.279 e. The summed E-state index contributed by atoms with van der Waals surface area (Å²) in [6.07, 6.45) is 6.08. The molecule has 2 rings (SSSR count). The normalized spacial score (nSPS) is 8.82. The van der Waals surface area contributed by atoms with Crippen molar-refractivity contribution >= 4 is 11.5 Å². The minimum atomic E-state index is 0. The van der Waals surface area contributed by atoms with Crippen molar-refractivity contribution in [2.24, 2.45) is 14.1 Å². The average Bonchev–Trinajstić information content (AvgIpc) is 2.22. The van der Waals surface area contributed by atoms with Crippen LogP contribution in [0.15, 0.2) is 48.9 Å². The first-order valence-corrected chi connectivity index (χ1v) is 4.93. The molecule has 0 aliphatic carbocycles. The highest BCUT2D eigenvalue weighted by Gasteiger charge is 2.07. The minimum absolute atomic E-state index is 0. The van der Waals surface area contributed by atoms with E-state index < -0.39 is 0 Å². The number of aromatic nitrogens is 2. The van der Waals surface area contributed by atoms with Crippen LogP contribution in [-0.2, 0) is 14.1 Å². The molecule has 0 spiro atoms. The van der Waals surface area contributed by atoms with E-state index in [2.05, 4.69) is 5.32 Å². The van der Waals surface area contributed by atoms with Crippen LogP contribution in [0.3, 0.4) is 0 Å². The first kappa shape index (κ1) is 15.0. The van der Waals surface area contributed by atoms with E-state index in [1.54, 1.807) is 0 Å². The Kier molecular flexibility index (Phi) is 5.74. The van der Waals surface area contributed by atoms with Gasteiger partial charge in [-0.3, -0.25) is 0 Å². The quantitative estimate of drug-likeness (QED) is 0.521. The highest BCUT2D eigenvalue weighted by molar-refractivity contribution is 5.50. The fourth-order valence-corrected chi connectivity index (χ4v) is 1.46. The lowest BCUT2D eigenvalue weighted by Gasteiger charge is -2.00. The highest BCUT2D eigenvalue weighted by atomic mass is 19.0. The van der Waals surface area contributed by atoms with Gasteiger partial charge in [-0.05, 0) is 12.1 Å². The van der Waals surface area contributed by atoms with Gasteiger partial charge in [0, 0.05) is 12.1 Å². The van der Waals surface area contributed by atoms with Gasteiger partial charge in [-0.25, -0.2) is 14.5 Å². The van der Waals surface area contributed by atoms with E-state index in [9.17, 15) is 0 Å². The Morgan fingerprint density at radius 3 is 2.35 bits per heavy atom. The number of anilines is 2. The predicted octanol–water partition coefficient (Wildman–Crippen LogP) is -4.91. The second-order valence-corrected chi connectivity index (χ2v) is 3.58. The second-order valence-electron chi connectivity index (χ2n) is 3.58. The standard InChI is InChI=1S/C12H14N3.2FH/c1-14-8-5-6-11(10-14)13-12-7-3-4-9-15(12)2;;/h3-10H,1-2H3;2*1H/q+1;;/p-1. The molecule has 92 valence electrons. The summed E-state index contributed by atoms with van der Waals surface area (Å²) in [5, 5.41) is 3.36. The van der Waals surface area contributed by atoms with Crippen molar-refractivity contribution in [3.8, 4) is 0 Å². The van der Waals surface area contributed by atoms with Gasteiger partial charge in [0.1, 0.15) is 7.05 Å². The van der Waals surface area contributed by atoms with Gasteiger partial charge in [0.25, 0.3) is 5.82 Å². The smallest absolute Gasteiger partial charge is 0.279 e. The summed E-state index contributed by atoms with van der Waals surface area (Å²) in [7, 11) is 4.03. The minimum Gasteiger partial charge on any atom is -1.00 e. The number of nitrogens with one attached hydrogen (secondary N) is 1. The molecule has 0 saturated carbocycles. The van der Waals surface area contributed by atoms with Crippen molar-refractivity contribution in [2.45, 2.75) is 0 Å². The van der Waals surface area contributed by atoms with Crippen LogP contribution in [0.4, 0.5) is 11.5 Å². The Hall–Kier alpha value is -2.04.